The Morgan fingerprint density at radius 3 is 2.24 bits per heavy atom. The number of rotatable bonds is 5. The summed E-state index contributed by atoms with van der Waals surface area (Å²) in [6, 6.07) is 8.61. The van der Waals surface area contributed by atoms with Crippen LogP contribution >= 0.6 is 15.9 Å². The third kappa shape index (κ3) is 3.79. The second kappa shape index (κ2) is 7.85. The lowest BCUT2D eigenvalue weighted by Gasteiger charge is -2.17. The maximum absolute atomic E-state index is 14.4. The van der Waals surface area contributed by atoms with E-state index in [-0.39, 0.29) is 29.1 Å². The Kier molecular flexibility index (Phi) is 5.79. The summed E-state index contributed by atoms with van der Waals surface area (Å²) in [7, 11) is -0.965. The van der Waals surface area contributed by atoms with Crippen LogP contribution in [0.3, 0.4) is 0 Å². The van der Waals surface area contributed by atoms with E-state index >= 15 is 0 Å². The first-order valence-electron chi connectivity index (χ1n) is 8.71. The Morgan fingerprint density at radius 2 is 1.66 bits per heavy atom. The average Bonchev–Trinajstić information content (AvgIpc) is 2.66. The van der Waals surface area contributed by atoms with Gasteiger partial charge in [-0.1, -0.05) is 22.0 Å². The summed E-state index contributed by atoms with van der Waals surface area (Å²) < 4.78 is 43.4. The molecule has 0 fully saturated rings. The summed E-state index contributed by atoms with van der Waals surface area (Å²) in [6.07, 6.45) is 0. The highest BCUT2D eigenvalue weighted by molar-refractivity contribution is 9.10. The molecule has 1 heterocycles. The van der Waals surface area contributed by atoms with Gasteiger partial charge in [-0.05, 0) is 37.3 Å². The van der Waals surface area contributed by atoms with Crippen LogP contribution in [0.25, 0.3) is 11.0 Å². The number of halogens is 2. The van der Waals surface area contributed by atoms with Gasteiger partial charge >= 0.3 is 11.1 Å². The van der Waals surface area contributed by atoms with Crippen LogP contribution in [0.5, 0.6) is 0 Å². The van der Waals surface area contributed by atoms with Gasteiger partial charge in [0.25, 0.3) is 0 Å². The monoisotopic (exact) mass is 483 g/mol. The van der Waals surface area contributed by atoms with Crippen LogP contribution in [0.1, 0.15) is 12.5 Å². The van der Waals surface area contributed by atoms with Crippen molar-refractivity contribution in [2.24, 2.45) is 0 Å². The summed E-state index contributed by atoms with van der Waals surface area (Å²) in [4.78, 5) is 25.3. The molecule has 0 N–H and O–H groups in total. The minimum absolute atomic E-state index is 0.0271. The number of sulfonamides is 1. The number of nitrogens with zero attached hydrogens (tertiary/aromatic N) is 3. The van der Waals surface area contributed by atoms with Gasteiger partial charge in [0.1, 0.15) is 5.82 Å². The minimum Gasteiger partial charge on any atom is -0.302 e. The van der Waals surface area contributed by atoms with Gasteiger partial charge in [0, 0.05) is 30.7 Å². The number of hydrogen-bond acceptors (Lipinski definition) is 4. The van der Waals surface area contributed by atoms with E-state index in [1.165, 1.54) is 49.0 Å². The highest BCUT2D eigenvalue weighted by Gasteiger charge is 2.21. The fraction of sp³-hybridized carbons (Fsp3) is 0.263. The molecule has 0 saturated heterocycles. The van der Waals surface area contributed by atoms with Gasteiger partial charge in [0.2, 0.25) is 10.0 Å². The molecule has 10 heteroatoms. The molecule has 0 aliphatic heterocycles. The first kappa shape index (κ1) is 21.4. The number of aryl methyl sites for hydroxylation is 1. The van der Waals surface area contributed by atoms with Crippen molar-refractivity contribution in [1.82, 2.24) is 13.4 Å². The summed E-state index contributed by atoms with van der Waals surface area (Å²) >= 11 is 3.18. The van der Waals surface area contributed by atoms with Crippen LogP contribution in [-0.4, -0.2) is 36.0 Å². The highest BCUT2D eigenvalue weighted by Crippen LogP contribution is 2.21. The lowest BCUT2D eigenvalue weighted by atomic mass is 10.2. The minimum atomic E-state index is -3.76. The van der Waals surface area contributed by atoms with Crippen LogP contribution < -0.4 is 11.1 Å². The van der Waals surface area contributed by atoms with Gasteiger partial charge in [0.15, 0.2) is 0 Å². The van der Waals surface area contributed by atoms with Crippen molar-refractivity contribution >= 4 is 37.0 Å². The molecular weight excluding hydrogens is 465 g/mol. The van der Waals surface area contributed by atoms with Crippen LogP contribution in [0.4, 0.5) is 4.39 Å². The molecule has 1 aromatic heterocycles. The quantitative estimate of drug-likeness (QED) is 0.521. The molecule has 0 aliphatic rings. The fourth-order valence-corrected chi connectivity index (χ4v) is 4.32. The molecule has 154 valence electrons. The Labute approximate surface area is 175 Å². The van der Waals surface area contributed by atoms with Gasteiger partial charge in [0.05, 0.1) is 22.5 Å². The first-order chi connectivity index (χ1) is 13.6. The predicted molar refractivity (Wildman–Crippen MR) is 112 cm³/mol. The Balaban J connectivity index is 2.36. The van der Waals surface area contributed by atoms with E-state index in [9.17, 15) is 22.4 Å². The van der Waals surface area contributed by atoms with Crippen molar-refractivity contribution in [1.29, 1.82) is 0 Å². The van der Waals surface area contributed by atoms with Gasteiger partial charge in [-0.2, -0.15) is 0 Å². The van der Waals surface area contributed by atoms with E-state index in [0.29, 0.717) is 9.99 Å². The van der Waals surface area contributed by atoms with Crippen LogP contribution in [0.2, 0.25) is 0 Å². The number of hydrogen-bond donors (Lipinski definition) is 0. The van der Waals surface area contributed by atoms with Crippen molar-refractivity contribution in [3.05, 3.63) is 73.0 Å². The summed E-state index contributed by atoms with van der Waals surface area (Å²) in [5.41, 5.74) is -0.762. The fourth-order valence-electron chi connectivity index (χ4n) is 3.06. The normalized spacial score (nSPS) is 12.1. The Bertz CT molecular complexity index is 1330. The average molecular weight is 484 g/mol. The molecule has 0 amide bonds. The molecule has 0 saturated carbocycles. The Hall–Kier alpha value is -2.30. The number of fused-ring (bicyclic) bond motifs is 1. The molecule has 3 rings (SSSR count). The zero-order valence-electron chi connectivity index (χ0n) is 16.0. The zero-order chi connectivity index (χ0) is 21.5. The summed E-state index contributed by atoms with van der Waals surface area (Å²) in [5, 5.41) is 0. The Morgan fingerprint density at radius 1 is 1.00 bits per heavy atom. The SMILES string of the molecule is CCn1c(=O)c(=O)n(Cc2ccc(Br)cc2F)c2cc(S(=O)(=O)N(C)C)ccc21. The topological polar surface area (TPSA) is 81.4 Å². The van der Waals surface area contributed by atoms with E-state index < -0.39 is 27.0 Å². The lowest BCUT2D eigenvalue weighted by molar-refractivity contribution is 0.520. The van der Waals surface area contributed by atoms with E-state index in [0.717, 1.165) is 8.87 Å². The van der Waals surface area contributed by atoms with Crippen LogP contribution in [-0.2, 0) is 23.1 Å². The number of benzene rings is 2. The lowest BCUT2D eigenvalue weighted by Crippen LogP contribution is -2.41. The largest absolute Gasteiger partial charge is 0.317 e. The third-order valence-electron chi connectivity index (χ3n) is 4.64. The van der Waals surface area contributed by atoms with Crippen molar-refractivity contribution < 1.29 is 12.8 Å². The second-order valence-electron chi connectivity index (χ2n) is 6.61. The molecule has 0 atom stereocenters. The van der Waals surface area contributed by atoms with Gasteiger partial charge in [-0.25, -0.2) is 17.1 Å². The first-order valence-corrected chi connectivity index (χ1v) is 10.9. The molecule has 0 unspecified atom stereocenters. The maximum atomic E-state index is 14.4. The molecule has 0 spiro atoms. The van der Waals surface area contributed by atoms with Gasteiger partial charge in [-0.3, -0.25) is 14.2 Å². The molecule has 7 nitrogen and oxygen atoms in total. The van der Waals surface area contributed by atoms with Gasteiger partial charge < -0.3 is 4.57 Å². The van der Waals surface area contributed by atoms with Gasteiger partial charge in [-0.15, -0.1) is 0 Å². The van der Waals surface area contributed by atoms with Crippen molar-refractivity contribution in [2.45, 2.75) is 24.9 Å². The van der Waals surface area contributed by atoms with E-state index in [1.807, 2.05) is 0 Å². The summed E-state index contributed by atoms with van der Waals surface area (Å²) in [5.74, 6) is -0.545. The zero-order valence-corrected chi connectivity index (χ0v) is 18.4. The van der Waals surface area contributed by atoms with Crippen molar-refractivity contribution in [2.75, 3.05) is 14.1 Å². The smallest absolute Gasteiger partial charge is 0.302 e. The van der Waals surface area contributed by atoms with E-state index in [2.05, 4.69) is 15.9 Å². The van der Waals surface area contributed by atoms with Crippen molar-refractivity contribution in [3.8, 4) is 0 Å². The van der Waals surface area contributed by atoms with E-state index in [4.69, 9.17) is 0 Å². The standard InChI is InChI=1S/C19H19BrFN3O4S/c1-4-23-16-8-7-14(29(27,28)22(2)3)10-17(16)24(19(26)18(23)25)11-12-5-6-13(20)9-15(12)21/h5-10H,4,11H2,1-3H3. The molecule has 29 heavy (non-hydrogen) atoms. The summed E-state index contributed by atoms with van der Waals surface area (Å²) in [6.45, 7) is 1.74. The van der Waals surface area contributed by atoms with E-state index in [1.54, 1.807) is 13.0 Å². The molecule has 0 radical (unpaired) electrons. The van der Waals surface area contributed by atoms with Crippen molar-refractivity contribution in [3.63, 3.8) is 0 Å². The molecule has 2 aromatic carbocycles. The predicted octanol–water partition coefficient (Wildman–Crippen LogP) is 2.38. The van der Waals surface area contributed by atoms with Crippen LogP contribution in [0.15, 0.2) is 55.4 Å². The molecular formula is C19H19BrFN3O4S. The maximum Gasteiger partial charge on any atom is 0.317 e. The second-order valence-corrected chi connectivity index (χ2v) is 9.68. The highest BCUT2D eigenvalue weighted by atomic mass is 79.9. The third-order valence-corrected chi connectivity index (χ3v) is 6.94. The van der Waals surface area contributed by atoms with Crippen LogP contribution in [0, 0.1) is 5.82 Å². The molecule has 0 bridgehead atoms. The molecule has 3 aromatic rings. The molecule has 0 aliphatic carbocycles. The number of aromatic nitrogens is 2.